The quantitative estimate of drug-likeness (QED) is 0.320. The van der Waals surface area contributed by atoms with Gasteiger partial charge in [0.15, 0.2) is 11.5 Å². The first kappa shape index (κ1) is 24.4. The van der Waals surface area contributed by atoms with Gasteiger partial charge in [-0.15, -0.1) is 5.10 Å². The smallest absolute Gasteiger partial charge is 0.255 e. The van der Waals surface area contributed by atoms with Crippen LogP contribution >= 0.6 is 11.8 Å². The van der Waals surface area contributed by atoms with Crippen LogP contribution in [0.3, 0.4) is 0 Å². The molecule has 0 radical (unpaired) electrons. The average molecular weight is 515 g/mol. The van der Waals surface area contributed by atoms with E-state index < -0.39 is 6.04 Å². The van der Waals surface area contributed by atoms with Crippen molar-refractivity contribution >= 4 is 29.3 Å². The number of nitrogens with one attached hydrogen (secondary N) is 2. The largest absolute Gasteiger partial charge is 0.493 e. The lowest BCUT2D eigenvalue weighted by Gasteiger charge is -2.29. The third kappa shape index (κ3) is 5.14. The summed E-state index contributed by atoms with van der Waals surface area (Å²) in [7, 11) is 3.17. The molecule has 0 saturated heterocycles. The Labute approximate surface area is 218 Å². The summed E-state index contributed by atoms with van der Waals surface area (Å²) >= 11 is 1.54. The van der Waals surface area contributed by atoms with Crippen LogP contribution in [0, 0.1) is 0 Å². The van der Waals surface area contributed by atoms with Gasteiger partial charge in [0.05, 0.1) is 31.7 Å². The molecule has 188 valence electrons. The number of hydrogen-bond acceptors (Lipinski definition) is 8. The van der Waals surface area contributed by atoms with Crippen LogP contribution < -0.4 is 20.1 Å². The van der Waals surface area contributed by atoms with Gasteiger partial charge in [-0.25, -0.2) is 4.68 Å². The molecule has 1 amide bonds. The maximum Gasteiger partial charge on any atom is 0.255 e. The third-order valence-electron chi connectivity index (χ3n) is 5.93. The summed E-state index contributed by atoms with van der Waals surface area (Å²) < 4.78 is 12.7. The van der Waals surface area contributed by atoms with Crippen molar-refractivity contribution in [3.05, 3.63) is 95.5 Å². The van der Waals surface area contributed by atoms with Gasteiger partial charge < -0.3 is 20.1 Å². The molecule has 2 N–H and O–H groups in total. The molecule has 37 heavy (non-hydrogen) atoms. The molecule has 5 rings (SSSR count). The lowest BCUT2D eigenvalue weighted by Crippen LogP contribution is -2.31. The van der Waals surface area contributed by atoms with Crippen molar-refractivity contribution in [3.63, 3.8) is 0 Å². The van der Waals surface area contributed by atoms with Crippen molar-refractivity contribution in [1.82, 2.24) is 19.7 Å². The number of carbonyl (C=O) groups is 1. The minimum atomic E-state index is -0.550. The van der Waals surface area contributed by atoms with Gasteiger partial charge in [0, 0.05) is 17.6 Å². The van der Waals surface area contributed by atoms with E-state index in [-0.39, 0.29) is 5.91 Å². The first-order valence-electron chi connectivity index (χ1n) is 11.6. The lowest BCUT2D eigenvalue weighted by atomic mass is 9.94. The molecule has 9 nitrogen and oxygen atoms in total. The second-order valence-electron chi connectivity index (χ2n) is 8.31. The first-order valence-corrected chi connectivity index (χ1v) is 12.6. The normalized spacial score (nSPS) is 14.5. The Morgan fingerprint density at radius 2 is 1.89 bits per heavy atom. The molecule has 2 aromatic carbocycles. The maximum atomic E-state index is 13.6. The van der Waals surface area contributed by atoms with E-state index in [9.17, 15) is 4.79 Å². The molecular weight excluding hydrogens is 488 g/mol. The number of nitrogens with zero attached hydrogens (tertiary/aromatic N) is 4. The minimum absolute atomic E-state index is 0.266. The van der Waals surface area contributed by atoms with Crippen LogP contribution in [0.5, 0.6) is 11.5 Å². The van der Waals surface area contributed by atoms with Crippen LogP contribution in [-0.4, -0.2) is 39.9 Å². The van der Waals surface area contributed by atoms with Gasteiger partial charge in [-0.2, -0.15) is 4.98 Å². The fourth-order valence-electron chi connectivity index (χ4n) is 4.17. The number of carbonyl (C=O) groups excluding carboxylic acids is 1. The van der Waals surface area contributed by atoms with Crippen molar-refractivity contribution in [2.75, 3.05) is 24.9 Å². The van der Waals surface area contributed by atoms with Gasteiger partial charge in [0.1, 0.15) is 6.04 Å². The highest BCUT2D eigenvalue weighted by atomic mass is 32.2. The topological polar surface area (TPSA) is 103 Å². The summed E-state index contributed by atoms with van der Waals surface area (Å²) in [6.07, 6.45) is 3.26. The molecule has 10 heteroatoms. The van der Waals surface area contributed by atoms with Crippen LogP contribution in [0.1, 0.15) is 24.1 Å². The summed E-state index contributed by atoms with van der Waals surface area (Å²) in [6.45, 7) is 1.86. The van der Waals surface area contributed by atoms with E-state index in [0.717, 1.165) is 11.3 Å². The highest BCUT2D eigenvalue weighted by molar-refractivity contribution is 7.98. The number of aromatic nitrogens is 4. The minimum Gasteiger partial charge on any atom is -0.493 e. The SMILES string of the molecule is COc1ccc([C@@H]2C(C(=O)Nc3cccnc3)=C(C)Nc3nc(SCc4ccccc4)nn32)cc1OC. The van der Waals surface area contributed by atoms with Crippen molar-refractivity contribution in [2.24, 2.45) is 0 Å². The molecule has 4 aromatic rings. The van der Waals surface area contributed by atoms with Crippen LogP contribution in [0.15, 0.2) is 89.5 Å². The number of anilines is 2. The number of fused-ring (bicyclic) bond motifs is 1. The summed E-state index contributed by atoms with van der Waals surface area (Å²) in [6, 6.07) is 18.8. The summed E-state index contributed by atoms with van der Waals surface area (Å²) in [4.78, 5) is 22.4. The predicted molar refractivity (Wildman–Crippen MR) is 143 cm³/mol. The molecule has 0 aliphatic carbocycles. The van der Waals surface area contributed by atoms with E-state index >= 15 is 0 Å². The lowest BCUT2D eigenvalue weighted by molar-refractivity contribution is -0.113. The van der Waals surface area contributed by atoms with Crippen molar-refractivity contribution in [2.45, 2.75) is 23.9 Å². The number of ether oxygens (including phenoxy) is 2. The standard InChI is InChI=1S/C27H26N6O3S/c1-17-23(25(34)30-20-10-7-13-28-15-20)24(19-11-12-21(35-2)22(14-19)36-3)33-26(29-17)31-27(32-33)37-16-18-8-5-4-6-9-18/h4-15,24H,16H2,1-3H3,(H,30,34)(H,29,31,32)/t24-/m1/s1. The van der Waals surface area contributed by atoms with Crippen LogP contribution in [0.2, 0.25) is 0 Å². The van der Waals surface area contributed by atoms with Gasteiger partial charge in [-0.3, -0.25) is 9.78 Å². The zero-order valence-electron chi connectivity index (χ0n) is 20.6. The van der Waals surface area contributed by atoms with Gasteiger partial charge in [-0.05, 0) is 42.3 Å². The molecule has 1 aliphatic heterocycles. The van der Waals surface area contributed by atoms with E-state index in [1.165, 1.54) is 17.3 Å². The van der Waals surface area contributed by atoms with Crippen molar-refractivity contribution < 1.29 is 14.3 Å². The monoisotopic (exact) mass is 514 g/mol. The van der Waals surface area contributed by atoms with Gasteiger partial charge in [-0.1, -0.05) is 48.2 Å². The third-order valence-corrected chi connectivity index (χ3v) is 6.84. The van der Waals surface area contributed by atoms with Crippen LogP contribution in [0.4, 0.5) is 11.6 Å². The Balaban J connectivity index is 1.54. The van der Waals surface area contributed by atoms with E-state index in [1.54, 1.807) is 43.4 Å². The molecule has 0 spiro atoms. The highest BCUT2D eigenvalue weighted by Crippen LogP contribution is 2.40. The molecule has 1 aliphatic rings. The van der Waals surface area contributed by atoms with Gasteiger partial charge in [0.25, 0.3) is 5.91 Å². The Bertz CT molecular complexity index is 1440. The summed E-state index contributed by atoms with van der Waals surface area (Å²) in [5.74, 6) is 2.18. The Kier molecular flexibility index (Phi) is 7.09. The Morgan fingerprint density at radius 3 is 2.62 bits per heavy atom. The summed E-state index contributed by atoms with van der Waals surface area (Å²) in [5.41, 5.74) is 3.77. The number of rotatable bonds is 8. The molecule has 0 saturated carbocycles. The number of thioether (sulfide) groups is 1. The van der Waals surface area contributed by atoms with E-state index in [4.69, 9.17) is 19.6 Å². The van der Waals surface area contributed by atoms with Crippen molar-refractivity contribution in [1.29, 1.82) is 0 Å². The molecular formula is C27H26N6O3S. The fourth-order valence-corrected chi connectivity index (χ4v) is 4.96. The summed E-state index contributed by atoms with van der Waals surface area (Å²) in [5, 5.41) is 11.6. The molecule has 0 fully saturated rings. The van der Waals surface area contributed by atoms with E-state index in [2.05, 4.69) is 27.8 Å². The molecule has 2 aromatic heterocycles. The molecule has 3 heterocycles. The van der Waals surface area contributed by atoms with Crippen LogP contribution in [0.25, 0.3) is 0 Å². The number of hydrogen-bond donors (Lipinski definition) is 2. The van der Waals surface area contributed by atoms with Gasteiger partial charge >= 0.3 is 0 Å². The predicted octanol–water partition coefficient (Wildman–Crippen LogP) is 4.91. The Hall–Kier alpha value is -4.31. The number of methoxy groups -OCH3 is 2. The van der Waals surface area contributed by atoms with Gasteiger partial charge in [0.2, 0.25) is 11.1 Å². The number of allylic oxidation sites excluding steroid dienone is 1. The maximum absolute atomic E-state index is 13.6. The zero-order valence-corrected chi connectivity index (χ0v) is 21.5. The number of benzene rings is 2. The Morgan fingerprint density at radius 1 is 1.08 bits per heavy atom. The first-order chi connectivity index (χ1) is 18.1. The second kappa shape index (κ2) is 10.8. The molecule has 1 atom stereocenters. The highest BCUT2D eigenvalue weighted by Gasteiger charge is 2.35. The molecule has 0 bridgehead atoms. The number of pyridine rings is 1. The van der Waals surface area contributed by atoms with Crippen LogP contribution in [-0.2, 0) is 10.5 Å². The average Bonchev–Trinajstić information content (AvgIpc) is 3.34. The zero-order chi connectivity index (χ0) is 25.8. The van der Waals surface area contributed by atoms with Crippen molar-refractivity contribution in [3.8, 4) is 11.5 Å². The fraction of sp³-hybridized carbons (Fsp3) is 0.185. The van der Waals surface area contributed by atoms with E-state index in [1.807, 2.05) is 43.3 Å². The second-order valence-corrected chi connectivity index (χ2v) is 9.26. The molecule has 0 unspecified atom stereocenters. The van der Waals surface area contributed by atoms with E-state index in [0.29, 0.717) is 39.6 Å². The number of amides is 1.